The predicted molar refractivity (Wildman–Crippen MR) is 308 cm³/mol. The van der Waals surface area contributed by atoms with Crippen LogP contribution in [-0.2, 0) is 21.7 Å². The van der Waals surface area contributed by atoms with Crippen LogP contribution in [0.2, 0.25) is 0 Å². The van der Waals surface area contributed by atoms with Gasteiger partial charge in [-0.1, -0.05) is 162 Å². The molecule has 9 aromatic carbocycles. The lowest BCUT2D eigenvalue weighted by atomic mass is 9.44. The summed E-state index contributed by atoms with van der Waals surface area (Å²) in [5.74, 6) is 0. The molecule has 352 valence electrons. The lowest BCUT2D eigenvalue weighted by Gasteiger charge is -2.41. The van der Waals surface area contributed by atoms with Gasteiger partial charge in [0.1, 0.15) is 11.2 Å². The molecule has 6 heteroatoms. The molecule has 14 rings (SSSR count). The van der Waals surface area contributed by atoms with Crippen LogP contribution >= 0.6 is 0 Å². The van der Waals surface area contributed by atoms with E-state index in [0.717, 1.165) is 77.3 Å². The van der Waals surface area contributed by atoms with Gasteiger partial charge < -0.3 is 13.8 Å². The zero-order valence-corrected chi connectivity index (χ0v) is 43.6. The summed E-state index contributed by atoms with van der Waals surface area (Å²) in [6.07, 6.45) is 0. The first kappa shape index (κ1) is 43.4. The summed E-state index contributed by atoms with van der Waals surface area (Å²) in [6.45, 7) is 27.8. The number of nitrogens with zero attached hydrogens (tertiary/aromatic N) is 4. The highest BCUT2D eigenvalue weighted by molar-refractivity contribution is 6.92. The largest absolute Gasteiger partial charge is 0.456 e. The lowest BCUT2D eigenvalue weighted by molar-refractivity contribution is 0.568. The molecule has 0 N–H and O–H groups in total. The van der Waals surface area contributed by atoms with Crippen LogP contribution in [0.5, 0.6) is 0 Å². The van der Waals surface area contributed by atoms with Gasteiger partial charge in [-0.15, -0.1) is 0 Å². The number of rotatable bonds is 1. The van der Waals surface area contributed by atoms with Gasteiger partial charge in [0.15, 0.2) is 0 Å². The van der Waals surface area contributed by atoms with Gasteiger partial charge in [0.2, 0.25) is 0 Å². The Hall–Kier alpha value is -7.44. The fraction of sp³-hybridized carbons (Fsp3) is 0.242. The van der Waals surface area contributed by atoms with Crippen molar-refractivity contribution in [3.8, 4) is 11.1 Å². The first-order chi connectivity index (χ1) is 34.2. The Bertz CT molecular complexity index is 4360. The molecule has 0 atom stereocenters. The Morgan fingerprint density at radius 2 is 1.00 bits per heavy atom. The average Bonchev–Trinajstić information content (AvgIpc) is 3.88. The van der Waals surface area contributed by atoms with Crippen molar-refractivity contribution in [2.24, 2.45) is 0 Å². The number of para-hydroxylation sites is 1. The molecule has 72 heavy (non-hydrogen) atoms. The third-order valence-corrected chi connectivity index (χ3v) is 16.3. The molecule has 0 unspecified atom stereocenters. The second-order valence-electron chi connectivity index (χ2n) is 25.1. The quantitative estimate of drug-likeness (QED) is 0.0935. The maximum atomic E-state index is 7.08. The highest BCUT2D eigenvalue weighted by Crippen LogP contribution is 2.52. The summed E-state index contributed by atoms with van der Waals surface area (Å²) in [4.78, 5) is 14.3. The van der Waals surface area contributed by atoms with Crippen molar-refractivity contribution in [1.29, 1.82) is 0 Å². The number of aromatic nitrogens is 3. The Balaban J connectivity index is 1.24. The lowest BCUT2D eigenvalue weighted by Crippen LogP contribution is -2.57. The average molecular weight is 935 g/mol. The summed E-state index contributed by atoms with van der Waals surface area (Å²) < 4.78 is 9.78. The normalized spacial score (nSPS) is 14.1. The van der Waals surface area contributed by atoms with Crippen LogP contribution in [0.15, 0.2) is 144 Å². The molecular formula is C66H59BN4O. The van der Waals surface area contributed by atoms with E-state index in [1.54, 1.807) is 0 Å². The Kier molecular flexibility index (Phi) is 8.53. The highest BCUT2D eigenvalue weighted by Gasteiger charge is 2.46. The SMILES string of the molecule is CC(C)(C)c1cc(N2c3cc4oc5ccccc5c4c4c3B(c3c2ccc2nc5c6ccccc6c6ccccc6c5nc32)n2c3ccc(C(C)(C)C)cc3c3cc(C(C)(C)C)cc-4c32)cc(C(C)(C)C)c1. The summed E-state index contributed by atoms with van der Waals surface area (Å²) in [5, 5.41) is 9.44. The van der Waals surface area contributed by atoms with Crippen LogP contribution in [0.4, 0.5) is 17.1 Å². The fourth-order valence-corrected chi connectivity index (χ4v) is 12.4. The van der Waals surface area contributed by atoms with Crippen LogP contribution in [0.25, 0.3) is 98.5 Å². The van der Waals surface area contributed by atoms with Crippen molar-refractivity contribution in [2.75, 3.05) is 4.90 Å². The van der Waals surface area contributed by atoms with E-state index in [2.05, 4.69) is 232 Å². The zero-order valence-electron chi connectivity index (χ0n) is 43.6. The van der Waals surface area contributed by atoms with Crippen LogP contribution in [-0.4, -0.2) is 21.3 Å². The van der Waals surface area contributed by atoms with E-state index in [-0.39, 0.29) is 28.5 Å². The van der Waals surface area contributed by atoms with Crippen molar-refractivity contribution >= 4 is 122 Å². The van der Waals surface area contributed by atoms with Crippen LogP contribution in [0, 0.1) is 0 Å². The monoisotopic (exact) mass is 934 g/mol. The van der Waals surface area contributed by atoms with Crippen LogP contribution in [0.3, 0.4) is 0 Å². The van der Waals surface area contributed by atoms with E-state index in [0.29, 0.717) is 0 Å². The predicted octanol–water partition coefficient (Wildman–Crippen LogP) is 16.7. The summed E-state index contributed by atoms with van der Waals surface area (Å²) in [6, 6.07) is 52.6. The number of furan rings is 1. The van der Waals surface area contributed by atoms with Gasteiger partial charge in [-0.2, -0.15) is 0 Å². The van der Waals surface area contributed by atoms with Gasteiger partial charge in [-0.3, -0.25) is 0 Å². The standard InChI is InChI=1S/C66H59BN4O/c1-63(2,3)36-25-27-50-46(32-36)47-33-39(66(10,11)12)34-48-56-55-45-23-17-18-24-53(45)72-54(55)35-52-57(56)67(71(50)62(47)48)58-51(70(52)40-30-37(64(4,5)6)29-38(31-40)65(7,8)9)28-26-49-61(58)69-60-44-22-16-14-20-42(44)41-19-13-15-21-43(41)59(60)68-49/h13-35H,1-12H3. The minimum absolute atomic E-state index is 0.0451. The van der Waals surface area contributed by atoms with E-state index in [4.69, 9.17) is 14.4 Å². The van der Waals surface area contributed by atoms with Gasteiger partial charge >= 0.3 is 6.85 Å². The van der Waals surface area contributed by atoms with Gasteiger partial charge in [-0.25, -0.2) is 9.97 Å². The molecule has 3 aromatic heterocycles. The molecule has 12 aromatic rings. The van der Waals surface area contributed by atoms with Crippen molar-refractivity contribution in [2.45, 2.75) is 105 Å². The van der Waals surface area contributed by atoms with Crippen molar-refractivity contribution < 1.29 is 4.42 Å². The Morgan fingerprint density at radius 3 is 1.64 bits per heavy atom. The molecule has 0 saturated heterocycles. The molecule has 2 aliphatic heterocycles. The molecule has 0 spiro atoms. The summed E-state index contributed by atoms with van der Waals surface area (Å²) in [7, 11) is 0. The van der Waals surface area contributed by atoms with E-state index in [9.17, 15) is 0 Å². The third-order valence-electron chi connectivity index (χ3n) is 16.3. The second kappa shape index (κ2) is 14.2. The Labute approximate surface area is 421 Å². The maximum Gasteiger partial charge on any atom is 0.335 e. The molecule has 0 radical (unpaired) electrons. The van der Waals surface area contributed by atoms with E-state index >= 15 is 0 Å². The minimum atomic E-state index is -0.275. The van der Waals surface area contributed by atoms with Gasteiger partial charge in [0, 0.05) is 77.5 Å². The molecule has 0 amide bonds. The number of fused-ring (bicyclic) bond motifs is 19. The zero-order chi connectivity index (χ0) is 49.7. The maximum absolute atomic E-state index is 7.08. The number of hydrogen-bond donors (Lipinski definition) is 0. The minimum Gasteiger partial charge on any atom is -0.456 e. The third kappa shape index (κ3) is 5.95. The first-order valence-corrected chi connectivity index (χ1v) is 25.9. The Morgan fingerprint density at radius 1 is 0.431 bits per heavy atom. The van der Waals surface area contributed by atoms with Crippen molar-refractivity contribution in [3.05, 3.63) is 162 Å². The smallest absolute Gasteiger partial charge is 0.335 e. The van der Waals surface area contributed by atoms with Gasteiger partial charge in [0.05, 0.1) is 22.1 Å². The molecule has 5 nitrogen and oxygen atoms in total. The van der Waals surface area contributed by atoms with Crippen LogP contribution < -0.4 is 15.8 Å². The molecular weight excluding hydrogens is 876 g/mol. The van der Waals surface area contributed by atoms with E-state index in [1.807, 2.05) is 0 Å². The highest BCUT2D eigenvalue weighted by atomic mass is 16.3. The van der Waals surface area contributed by atoms with Gasteiger partial charge in [0.25, 0.3) is 0 Å². The fourth-order valence-electron chi connectivity index (χ4n) is 12.4. The van der Waals surface area contributed by atoms with E-state index < -0.39 is 0 Å². The van der Waals surface area contributed by atoms with Gasteiger partial charge in [-0.05, 0) is 120 Å². The van der Waals surface area contributed by atoms with Crippen molar-refractivity contribution in [1.82, 2.24) is 14.4 Å². The second-order valence-corrected chi connectivity index (χ2v) is 25.1. The van der Waals surface area contributed by atoms with Crippen molar-refractivity contribution in [3.63, 3.8) is 0 Å². The van der Waals surface area contributed by atoms with E-state index in [1.165, 1.54) is 71.4 Å². The molecule has 2 aliphatic rings. The molecule has 5 heterocycles. The molecule has 0 saturated carbocycles. The molecule has 0 aliphatic carbocycles. The number of hydrogen-bond acceptors (Lipinski definition) is 4. The number of benzene rings is 9. The topological polar surface area (TPSA) is 47.1 Å². The summed E-state index contributed by atoms with van der Waals surface area (Å²) in [5.41, 5.74) is 21.0. The summed E-state index contributed by atoms with van der Waals surface area (Å²) >= 11 is 0. The number of anilines is 3. The molecule has 0 fully saturated rings. The van der Waals surface area contributed by atoms with Crippen LogP contribution in [0.1, 0.15) is 105 Å². The molecule has 0 bridgehead atoms. The first-order valence-electron chi connectivity index (χ1n) is 25.9.